The average Bonchev–Trinajstić information content (AvgIpc) is 2.53. The number of hydrogen-bond donors (Lipinski definition) is 0. The highest BCUT2D eigenvalue weighted by Crippen LogP contribution is 2.19. The van der Waals surface area contributed by atoms with Gasteiger partial charge in [-0.15, -0.1) is 0 Å². The molecule has 0 fully saturated rings. The summed E-state index contributed by atoms with van der Waals surface area (Å²) in [6.45, 7) is 2.65. The van der Waals surface area contributed by atoms with Gasteiger partial charge in [0, 0.05) is 18.1 Å². The molecule has 6 heteroatoms. The summed E-state index contributed by atoms with van der Waals surface area (Å²) in [5.41, 5.74) is 1.90. The molecule has 0 saturated carbocycles. The van der Waals surface area contributed by atoms with Crippen LogP contribution in [0.3, 0.4) is 0 Å². The molecule has 0 amide bonds. The van der Waals surface area contributed by atoms with Crippen LogP contribution in [0.2, 0.25) is 0 Å². The summed E-state index contributed by atoms with van der Waals surface area (Å²) in [7, 11) is -3.81. The van der Waals surface area contributed by atoms with E-state index < -0.39 is 10.1 Å². The second kappa shape index (κ2) is 8.26. The van der Waals surface area contributed by atoms with E-state index in [2.05, 4.69) is 20.9 Å². The Morgan fingerprint density at radius 2 is 1.74 bits per heavy atom. The van der Waals surface area contributed by atoms with Gasteiger partial charge in [-0.1, -0.05) is 33.6 Å². The van der Waals surface area contributed by atoms with Crippen LogP contribution in [-0.4, -0.2) is 26.5 Å². The van der Waals surface area contributed by atoms with Crippen LogP contribution < -0.4 is 4.18 Å². The van der Waals surface area contributed by atoms with Crippen LogP contribution >= 0.6 is 15.9 Å². The van der Waals surface area contributed by atoms with E-state index in [0.717, 1.165) is 29.4 Å². The van der Waals surface area contributed by atoms with Crippen molar-refractivity contribution in [3.8, 4) is 5.75 Å². The number of nitrogens with zero attached hydrogens (tertiary/aromatic N) is 1. The van der Waals surface area contributed by atoms with Gasteiger partial charge in [0.05, 0.1) is 0 Å². The molecule has 0 N–H and O–H groups in total. The summed E-state index contributed by atoms with van der Waals surface area (Å²) in [6, 6.07) is 13.3. The van der Waals surface area contributed by atoms with Crippen LogP contribution in [0.4, 0.5) is 0 Å². The van der Waals surface area contributed by atoms with Crippen molar-refractivity contribution in [2.24, 2.45) is 4.99 Å². The molecule has 0 aromatic heterocycles. The Labute approximate surface area is 145 Å². The monoisotopic (exact) mass is 395 g/mol. The van der Waals surface area contributed by atoms with Gasteiger partial charge in [0.2, 0.25) is 0 Å². The molecule has 0 aliphatic heterocycles. The molecule has 0 unspecified atom stereocenters. The van der Waals surface area contributed by atoms with E-state index in [1.807, 2.05) is 6.92 Å². The molecule has 122 valence electrons. The van der Waals surface area contributed by atoms with E-state index >= 15 is 0 Å². The summed E-state index contributed by atoms with van der Waals surface area (Å²) in [6.07, 6.45) is 2.74. The Balaban J connectivity index is 2.05. The summed E-state index contributed by atoms with van der Waals surface area (Å²) in [4.78, 5) is 4.42. The zero-order valence-corrected chi connectivity index (χ0v) is 15.2. The summed E-state index contributed by atoms with van der Waals surface area (Å²) in [5.74, 6) is 0.281. The van der Waals surface area contributed by atoms with E-state index in [1.165, 1.54) is 12.1 Å². The van der Waals surface area contributed by atoms with Crippen LogP contribution in [0.25, 0.3) is 0 Å². The van der Waals surface area contributed by atoms with Crippen molar-refractivity contribution in [3.63, 3.8) is 0 Å². The first kappa shape index (κ1) is 17.7. The minimum Gasteiger partial charge on any atom is -0.379 e. The Kier molecular flexibility index (Phi) is 6.36. The van der Waals surface area contributed by atoms with E-state index in [-0.39, 0.29) is 10.6 Å². The number of alkyl halides is 1. The molecule has 2 rings (SSSR count). The van der Waals surface area contributed by atoms with Crippen LogP contribution in [0.15, 0.2) is 58.4 Å². The molecule has 2 aromatic carbocycles. The second-order valence-electron chi connectivity index (χ2n) is 5.00. The van der Waals surface area contributed by atoms with Gasteiger partial charge in [-0.25, -0.2) is 0 Å². The maximum absolute atomic E-state index is 12.2. The number of rotatable bonds is 7. The first-order valence-corrected chi connectivity index (χ1v) is 9.71. The fourth-order valence-electron chi connectivity index (χ4n) is 1.81. The maximum Gasteiger partial charge on any atom is 0.339 e. The highest BCUT2D eigenvalue weighted by atomic mass is 79.9. The Morgan fingerprint density at radius 1 is 1.09 bits per heavy atom. The highest BCUT2D eigenvalue weighted by molar-refractivity contribution is 9.09. The molecule has 23 heavy (non-hydrogen) atoms. The van der Waals surface area contributed by atoms with Crippen molar-refractivity contribution in [2.75, 3.05) is 11.9 Å². The Hall–Kier alpha value is -1.66. The number of halogens is 1. The molecule has 0 saturated heterocycles. The van der Waals surface area contributed by atoms with Gasteiger partial charge in [0.1, 0.15) is 10.6 Å². The van der Waals surface area contributed by atoms with Crippen molar-refractivity contribution >= 4 is 32.3 Å². The zero-order valence-electron chi connectivity index (χ0n) is 12.8. The van der Waals surface area contributed by atoms with Crippen LogP contribution in [-0.2, 0) is 10.1 Å². The van der Waals surface area contributed by atoms with Gasteiger partial charge in [0.25, 0.3) is 0 Å². The quantitative estimate of drug-likeness (QED) is 0.308. The van der Waals surface area contributed by atoms with E-state index in [4.69, 9.17) is 4.18 Å². The third kappa shape index (κ3) is 5.48. The number of aliphatic imine (C=N–C) groups is 1. The molecular weight excluding hydrogens is 378 g/mol. The topological polar surface area (TPSA) is 55.7 Å². The maximum atomic E-state index is 12.2. The lowest BCUT2D eigenvalue weighted by Gasteiger charge is -2.07. The number of hydrogen-bond acceptors (Lipinski definition) is 4. The molecule has 0 aliphatic carbocycles. The average molecular weight is 396 g/mol. The normalized spacial score (nSPS) is 11.7. The molecule has 0 bridgehead atoms. The molecule has 0 heterocycles. The smallest absolute Gasteiger partial charge is 0.339 e. The fourth-order valence-corrected chi connectivity index (χ4v) is 2.99. The molecule has 0 radical (unpaired) electrons. The minimum atomic E-state index is -3.81. The van der Waals surface area contributed by atoms with E-state index in [0.29, 0.717) is 0 Å². The largest absolute Gasteiger partial charge is 0.379 e. The SMILES string of the molecule is Cc1ccc(S(=O)(=O)Oc2ccc(C=NCCCBr)cc2)cc1. The molecule has 0 atom stereocenters. The third-order valence-electron chi connectivity index (χ3n) is 3.06. The predicted molar refractivity (Wildman–Crippen MR) is 96.3 cm³/mol. The molecule has 0 aliphatic rings. The van der Waals surface area contributed by atoms with Crippen LogP contribution in [0.5, 0.6) is 5.75 Å². The molecule has 2 aromatic rings. The van der Waals surface area contributed by atoms with E-state index in [1.54, 1.807) is 42.6 Å². The molecule has 0 spiro atoms. The first-order valence-electron chi connectivity index (χ1n) is 7.18. The summed E-state index contributed by atoms with van der Waals surface area (Å²) >= 11 is 3.35. The van der Waals surface area contributed by atoms with Crippen molar-refractivity contribution in [1.82, 2.24) is 0 Å². The standard InChI is InChI=1S/C17H18BrNO3S/c1-14-3-9-17(10-4-14)23(20,21)22-16-7-5-15(6-8-16)13-19-12-2-11-18/h3-10,13H,2,11-12H2,1H3. The first-order chi connectivity index (χ1) is 11.0. The van der Waals surface area contributed by atoms with Crippen molar-refractivity contribution in [3.05, 3.63) is 59.7 Å². The third-order valence-corrected chi connectivity index (χ3v) is 4.88. The second-order valence-corrected chi connectivity index (χ2v) is 7.34. The zero-order chi connectivity index (χ0) is 16.7. The fraction of sp³-hybridized carbons (Fsp3) is 0.235. The Morgan fingerprint density at radius 3 is 2.35 bits per heavy atom. The highest BCUT2D eigenvalue weighted by Gasteiger charge is 2.16. The lowest BCUT2D eigenvalue weighted by molar-refractivity contribution is 0.486. The Bertz CT molecular complexity index is 753. The van der Waals surface area contributed by atoms with Crippen LogP contribution in [0.1, 0.15) is 17.5 Å². The van der Waals surface area contributed by atoms with Crippen LogP contribution in [0, 0.1) is 6.92 Å². The number of benzene rings is 2. The summed E-state index contributed by atoms with van der Waals surface area (Å²) in [5, 5.41) is 0.925. The lowest BCUT2D eigenvalue weighted by atomic mass is 10.2. The van der Waals surface area contributed by atoms with Gasteiger partial charge >= 0.3 is 10.1 Å². The van der Waals surface area contributed by atoms with Crippen molar-refractivity contribution in [2.45, 2.75) is 18.2 Å². The van der Waals surface area contributed by atoms with Gasteiger partial charge in [-0.2, -0.15) is 8.42 Å². The predicted octanol–water partition coefficient (Wildman–Crippen LogP) is 3.97. The molecule has 4 nitrogen and oxygen atoms in total. The summed E-state index contributed by atoms with van der Waals surface area (Å²) < 4.78 is 29.5. The van der Waals surface area contributed by atoms with Crippen molar-refractivity contribution < 1.29 is 12.6 Å². The van der Waals surface area contributed by atoms with Gasteiger partial charge in [-0.05, 0) is 55.3 Å². The number of aryl methyl sites for hydroxylation is 1. The van der Waals surface area contributed by atoms with Gasteiger partial charge in [-0.3, -0.25) is 4.99 Å². The van der Waals surface area contributed by atoms with E-state index in [9.17, 15) is 8.42 Å². The molecular formula is C17H18BrNO3S. The minimum absolute atomic E-state index is 0.142. The lowest BCUT2D eigenvalue weighted by Crippen LogP contribution is -2.09. The van der Waals surface area contributed by atoms with Gasteiger partial charge in [0.15, 0.2) is 0 Å². The van der Waals surface area contributed by atoms with Crippen molar-refractivity contribution in [1.29, 1.82) is 0 Å². The van der Waals surface area contributed by atoms with Gasteiger partial charge < -0.3 is 4.18 Å².